The average Bonchev–Trinajstić information content (AvgIpc) is 2.30. The second kappa shape index (κ2) is 4.80. The summed E-state index contributed by atoms with van der Waals surface area (Å²) in [5.74, 6) is 0.0527. The van der Waals surface area contributed by atoms with Crippen molar-refractivity contribution in [3.63, 3.8) is 0 Å². The first-order chi connectivity index (χ1) is 8.13. The van der Waals surface area contributed by atoms with Crippen molar-refractivity contribution in [2.24, 2.45) is 0 Å². The van der Waals surface area contributed by atoms with E-state index in [-0.39, 0.29) is 5.82 Å². The highest BCUT2D eigenvalue weighted by Crippen LogP contribution is 2.24. The molecule has 0 spiro atoms. The van der Waals surface area contributed by atoms with E-state index in [9.17, 15) is 4.39 Å². The zero-order valence-electron chi connectivity index (χ0n) is 10.4. The molecule has 3 heteroatoms. The van der Waals surface area contributed by atoms with Gasteiger partial charge in [0.15, 0.2) is 0 Å². The van der Waals surface area contributed by atoms with Crippen molar-refractivity contribution in [2.75, 3.05) is 7.05 Å². The van der Waals surface area contributed by atoms with Gasteiger partial charge >= 0.3 is 0 Å². The number of nitrogens with one attached hydrogen (secondary N) is 1. The smallest absolute Gasteiger partial charge is 0.149 e. The fourth-order valence-electron chi connectivity index (χ4n) is 1.94. The molecule has 0 aliphatic rings. The van der Waals surface area contributed by atoms with Crippen LogP contribution in [0.25, 0.3) is 10.9 Å². The third-order valence-electron chi connectivity index (χ3n) is 2.85. The van der Waals surface area contributed by atoms with Gasteiger partial charge < -0.3 is 5.32 Å². The molecule has 0 saturated heterocycles. The second-order valence-electron chi connectivity index (χ2n) is 4.53. The Bertz CT molecular complexity index is 535. The topological polar surface area (TPSA) is 24.9 Å². The number of para-hydroxylation sites is 1. The minimum atomic E-state index is -0.248. The number of fused-ring (bicyclic) bond motifs is 1. The molecule has 17 heavy (non-hydrogen) atoms. The summed E-state index contributed by atoms with van der Waals surface area (Å²) in [6.07, 6.45) is 0. The van der Waals surface area contributed by atoms with E-state index in [4.69, 9.17) is 0 Å². The number of hydrogen-bond acceptors (Lipinski definition) is 2. The van der Waals surface area contributed by atoms with Crippen LogP contribution < -0.4 is 5.32 Å². The Hall–Kier alpha value is -1.48. The number of halogens is 1. The Morgan fingerprint density at radius 1 is 1.35 bits per heavy atom. The van der Waals surface area contributed by atoms with E-state index in [2.05, 4.69) is 30.2 Å². The molecule has 0 radical (unpaired) electrons. The van der Waals surface area contributed by atoms with E-state index in [1.807, 2.05) is 13.1 Å². The van der Waals surface area contributed by atoms with Crippen molar-refractivity contribution in [3.05, 3.63) is 41.3 Å². The first kappa shape index (κ1) is 12.0. The van der Waals surface area contributed by atoms with Crippen LogP contribution >= 0.6 is 0 Å². The molecule has 0 atom stereocenters. The summed E-state index contributed by atoms with van der Waals surface area (Å²) in [6.45, 7) is 4.86. The summed E-state index contributed by atoms with van der Waals surface area (Å²) >= 11 is 0. The quantitative estimate of drug-likeness (QED) is 0.879. The minimum Gasteiger partial charge on any atom is -0.316 e. The van der Waals surface area contributed by atoms with Crippen LogP contribution in [0.15, 0.2) is 24.3 Å². The van der Waals surface area contributed by atoms with Crippen LogP contribution in [0.2, 0.25) is 0 Å². The van der Waals surface area contributed by atoms with E-state index in [0.717, 1.165) is 23.2 Å². The van der Waals surface area contributed by atoms with Gasteiger partial charge in [0.25, 0.3) is 0 Å². The van der Waals surface area contributed by atoms with E-state index < -0.39 is 0 Å². The highest BCUT2D eigenvalue weighted by Gasteiger charge is 2.10. The van der Waals surface area contributed by atoms with Gasteiger partial charge in [-0.05, 0) is 30.7 Å². The van der Waals surface area contributed by atoms with Crippen LogP contribution in [0, 0.1) is 5.82 Å². The first-order valence-corrected chi connectivity index (χ1v) is 5.86. The Labute approximate surface area is 101 Å². The lowest BCUT2D eigenvalue weighted by atomic mass is 10.0. The molecule has 0 bridgehead atoms. The maximum atomic E-state index is 13.8. The van der Waals surface area contributed by atoms with Crippen molar-refractivity contribution in [1.29, 1.82) is 0 Å². The SMILES string of the molecule is CNCc1cc(C(C)C)nc2c(F)cccc12. The normalized spacial score (nSPS) is 11.4. The van der Waals surface area contributed by atoms with Crippen LogP contribution in [-0.2, 0) is 6.54 Å². The molecule has 1 heterocycles. The van der Waals surface area contributed by atoms with Gasteiger partial charge in [0.2, 0.25) is 0 Å². The number of pyridine rings is 1. The molecular weight excluding hydrogens is 215 g/mol. The molecule has 2 aromatic rings. The molecule has 0 aliphatic heterocycles. The fraction of sp³-hybridized carbons (Fsp3) is 0.357. The monoisotopic (exact) mass is 232 g/mol. The Kier molecular flexibility index (Phi) is 3.38. The summed E-state index contributed by atoms with van der Waals surface area (Å²) in [5.41, 5.74) is 2.51. The molecule has 0 fully saturated rings. The molecule has 0 unspecified atom stereocenters. The van der Waals surface area contributed by atoms with Crippen LogP contribution in [0.1, 0.15) is 31.0 Å². The summed E-state index contributed by atoms with van der Waals surface area (Å²) in [6, 6.07) is 7.17. The molecule has 0 amide bonds. The molecule has 2 nitrogen and oxygen atoms in total. The van der Waals surface area contributed by atoms with Gasteiger partial charge in [-0.1, -0.05) is 26.0 Å². The first-order valence-electron chi connectivity index (χ1n) is 5.86. The van der Waals surface area contributed by atoms with Gasteiger partial charge in [0.05, 0.1) is 0 Å². The molecule has 0 aliphatic carbocycles. The fourth-order valence-corrected chi connectivity index (χ4v) is 1.94. The third kappa shape index (κ3) is 2.29. The van der Waals surface area contributed by atoms with Crippen LogP contribution in [0.4, 0.5) is 4.39 Å². The van der Waals surface area contributed by atoms with Crippen molar-refractivity contribution in [3.8, 4) is 0 Å². The number of nitrogens with zero attached hydrogens (tertiary/aromatic N) is 1. The molecule has 1 N–H and O–H groups in total. The molecule has 2 rings (SSSR count). The van der Waals surface area contributed by atoms with Crippen LogP contribution in [0.3, 0.4) is 0 Å². The van der Waals surface area contributed by atoms with E-state index in [1.165, 1.54) is 6.07 Å². The lowest BCUT2D eigenvalue weighted by Gasteiger charge is -2.11. The van der Waals surface area contributed by atoms with Crippen molar-refractivity contribution in [1.82, 2.24) is 10.3 Å². The van der Waals surface area contributed by atoms with Gasteiger partial charge in [-0.3, -0.25) is 0 Å². The number of benzene rings is 1. The van der Waals surface area contributed by atoms with Crippen molar-refractivity contribution < 1.29 is 4.39 Å². The Morgan fingerprint density at radius 3 is 2.76 bits per heavy atom. The number of aromatic nitrogens is 1. The van der Waals surface area contributed by atoms with E-state index in [0.29, 0.717) is 11.4 Å². The zero-order chi connectivity index (χ0) is 12.4. The number of hydrogen-bond donors (Lipinski definition) is 1. The predicted molar refractivity (Wildman–Crippen MR) is 68.6 cm³/mol. The largest absolute Gasteiger partial charge is 0.316 e. The van der Waals surface area contributed by atoms with Crippen LogP contribution in [0.5, 0.6) is 0 Å². The maximum absolute atomic E-state index is 13.8. The summed E-state index contributed by atoms with van der Waals surface area (Å²) in [4.78, 5) is 4.41. The highest BCUT2D eigenvalue weighted by atomic mass is 19.1. The van der Waals surface area contributed by atoms with Gasteiger partial charge in [0.1, 0.15) is 11.3 Å². The van der Waals surface area contributed by atoms with Gasteiger partial charge in [-0.2, -0.15) is 0 Å². The molecule has 1 aromatic carbocycles. The number of rotatable bonds is 3. The van der Waals surface area contributed by atoms with Gasteiger partial charge in [0, 0.05) is 17.6 Å². The lowest BCUT2D eigenvalue weighted by molar-refractivity contribution is 0.635. The van der Waals surface area contributed by atoms with Crippen molar-refractivity contribution in [2.45, 2.75) is 26.3 Å². The molecular formula is C14H17FN2. The lowest BCUT2D eigenvalue weighted by Crippen LogP contribution is -2.08. The predicted octanol–water partition coefficient (Wildman–Crippen LogP) is 3.22. The van der Waals surface area contributed by atoms with E-state index >= 15 is 0 Å². The molecule has 90 valence electrons. The maximum Gasteiger partial charge on any atom is 0.149 e. The van der Waals surface area contributed by atoms with Gasteiger partial charge in [-0.15, -0.1) is 0 Å². The highest BCUT2D eigenvalue weighted by molar-refractivity contribution is 5.83. The summed E-state index contributed by atoms with van der Waals surface area (Å²) < 4.78 is 13.8. The minimum absolute atomic E-state index is 0.248. The third-order valence-corrected chi connectivity index (χ3v) is 2.85. The second-order valence-corrected chi connectivity index (χ2v) is 4.53. The summed E-state index contributed by atoms with van der Waals surface area (Å²) in [7, 11) is 1.89. The Balaban J connectivity index is 2.72. The van der Waals surface area contributed by atoms with Crippen LogP contribution in [-0.4, -0.2) is 12.0 Å². The van der Waals surface area contributed by atoms with Gasteiger partial charge in [-0.25, -0.2) is 9.37 Å². The average molecular weight is 232 g/mol. The standard InChI is InChI=1S/C14H17FN2/c1-9(2)13-7-10(8-16-3)11-5-4-6-12(15)14(11)17-13/h4-7,9,16H,8H2,1-3H3. The van der Waals surface area contributed by atoms with E-state index in [1.54, 1.807) is 6.07 Å². The zero-order valence-corrected chi connectivity index (χ0v) is 10.4. The van der Waals surface area contributed by atoms with Crippen molar-refractivity contribution >= 4 is 10.9 Å². The summed E-state index contributed by atoms with van der Waals surface area (Å²) in [5, 5.41) is 4.00. The molecule has 0 saturated carbocycles. The Morgan fingerprint density at radius 2 is 2.12 bits per heavy atom. The molecule has 1 aromatic heterocycles.